The van der Waals surface area contributed by atoms with Crippen molar-refractivity contribution < 1.29 is 0 Å². The number of nitrogens with zero attached hydrogens (tertiary/aromatic N) is 1. The summed E-state index contributed by atoms with van der Waals surface area (Å²) >= 11 is 0. The molecule has 4 N–H and O–H groups in total. The van der Waals surface area contributed by atoms with Crippen LogP contribution >= 0.6 is 0 Å². The summed E-state index contributed by atoms with van der Waals surface area (Å²) in [5.41, 5.74) is 2.67. The summed E-state index contributed by atoms with van der Waals surface area (Å²) in [6.07, 6.45) is 7.65. The van der Waals surface area contributed by atoms with E-state index in [0.717, 1.165) is 18.9 Å². The van der Waals surface area contributed by atoms with Gasteiger partial charge in [0.2, 0.25) is 5.96 Å². The highest BCUT2D eigenvalue weighted by Gasteiger charge is 2.14. The van der Waals surface area contributed by atoms with E-state index in [1.807, 2.05) is 0 Å². The first-order valence-corrected chi connectivity index (χ1v) is 6.53. The summed E-state index contributed by atoms with van der Waals surface area (Å²) in [5.74, 6) is 6.85. The molecule has 4 nitrogen and oxygen atoms in total. The van der Waals surface area contributed by atoms with Gasteiger partial charge in [-0.1, -0.05) is 39.5 Å². The Morgan fingerprint density at radius 1 is 1.38 bits per heavy atom. The molecule has 0 amide bonds. The lowest BCUT2D eigenvalue weighted by Crippen LogP contribution is -2.47. The molecule has 0 aromatic rings. The molecule has 16 heavy (non-hydrogen) atoms. The Morgan fingerprint density at radius 3 is 2.62 bits per heavy atom. The number of hydrazine groups is 1. The first kappa shape index (κ1) is 13.3. The number of guanidine groups is 1. The second-order valence-corrected chi connectivity index (χ2v) is 4.83. The van der Waals surface area contributed by atoms with Gasteiger partial charge in [-0.25, -0.2) is 5.84 Å². The van der Waals surface area contributed by atoms with Crippen LogP contribution in [0.4, 0.5) is 0 Å². The van der Waals surface area contributed by atoms with E-state index < -0.39 is 0 Å². The lowest BCUT2D eigenvalue weighted by Gasteiger charge is -2.24. The quantitative estimate of drug-likeness (QED) is 0.296. The molecule has 1 aliphatic rings. The molecule has 0 aliphatic heterocycles. The van der Waals surface area contributed by atoms with Gasteiger partial charge in [0.25, 0.3) is 0 Å². The van der Waals surface area contributed by atoms with E-state index in [4.69, 9.17) is 5.84 Å². The largest absolute Gasteiger partial charge is 0.353 e. The van der Waals surface area contributed by atoms with Crippen LogP contribution in [0.3, 0.4) is 0 Å². The summed E-state index contributed by atoms with van der Waals surface area (Å²) in [7, 11) is 0. The van der Waals surface area contributed by atoms with Gasteiger partial charge < -0.3 is 5.32 Å². The van der Waals surface area contributed by atoms with Crippen LogP contribution in [0.5, 0.6) is 0 Å². The smallest absolute Gasteiger partial charge is 0.205 e. The fourth-order valence-corrected chi connectivity index (χ4v) is 1.95. The number of aliphatic imine (C=N–C) groups is 1. The molecule has 0 heterocycles. The van der Waals surface area contributed by atoms with E-state index in [0.29, 0.717) is 12.0 Å². The third-order valence-corrected chi connectivity index (χ3v) is 3.34. The topological polar surface area (TPSA) is 62.4 Å². The predicted octanol–water partition coefficient (Wildman–Crippen LogP) is 1.77. The third-order valence-electron chi connectivity index (χ3n) is 3.34. The number of nitrogens with one attached hydrogen (secondary N) is 2. The molecule has 1 fully saturated rings. The fraction of sp³-hybridized carbons (Fsp3) is 0.917. The van der Waals surface area contributed by atoms with Crippen LogP contribution in [0.2, 0.25) is 0 Å². The summed E-state index contributed by atoms with van der Waals surface area (Å²) < 4.78 is 0. The van der Waals surface area contributed by atoms with Gasteiger partial charge in [-0.05, 0) is 18.8 Å². The average Bonchev–Trinajstić information content (AvgIpc) is 2.35. The molecule has 1 unspecified atom stereocenters. The van der Waals surface area contributed by atoms with E-state index in [1.54, 1.807) is 0 Å². The maximum atomic E-state index is 5.47. The summed E-state index contributed by atoms with van der Waals surface area (Å²) in [5, 5.41) is 3.40. The van der Waals surface area contributed by atoms with Crippen molar-refractivity contribution in [3.05, 3.63) is 0 Å². The number of rotatable bonds is 4. The molecule has 0 spiro atoms. The van der Waals surface area contributed by atoms with Gasteiger partial charge in [0, 0.05) is 12.6 Å². The first-order chi connectivity index (χ1) is 7.76. The van der Waals surface area contributed by atoms with Crippen LogP contribution in [0.15, 0.2) is 4.99 Å². The van der Waals surface area contributed by atoms with Gasteiger partial charge >= 0.3 is 0 Å². The minimum Gasteiger partial charge on any atom is -0.353 e. The van der Waals surface area contributed by atoms with Crippen molar-refractivity contribution >= 4 is 5.96 Å². The minimum absolute atomic E-state index is 0.556. The van der Waals surface area contributed by atoms with E-state index in [-0.39, 0.29) is 0 Å². The summed E-state index contributed by atoms with van der Waals surface area (Å²) in [6.45, 7) is 5.23. The van der Waals surface area contributed by atoms with E-state index in [9.17, 15) is 0 Å². The van der Waals surface area contributed by atoms with Crippen LogP contribution in [-0.2, 0) is 0 Å². The van der Waals surface area contributed by atoms with Gasteiger partial charge in [0.1, 0.15) is 0 Å². The molecule has 0 saturated heterocycles. The second-order valence-electron chi connectivity index (χ2n) is 4.83. The van der Waals surface area contributed by atoms with Crippen molar-refractivity contribution in [2.24, 2.45) is 16.8 Å². The molecule has 1 rings (SSSR count). The van der Waals surface area contributed by atoms with Crippen molar-refractivity contribution in [3.63, 3.8) is 0 Å². The van der Waals surface area contributed by atoms with Gasteiger partial charge in [-0.2, -0.15) is 0 Å². The molecule has 1 aliphatic carbocycles. The molecule has 1 saturated carbocycles. The van der Waals surface area contributed by atoms with E-state index in [1.165, 1.54) is 32.1 Å². The van der Waals surface area contributed by atoms with Crippen LogP contribution in [0.25, 0.3) is 0 Å². The highest BCUT2D eigenvalue weighted by Crippen LogP contribution is 2.17. The van der Waals surface area contributed by atoms with E-state index >= 15 is 0 Å². The summed E-state index contributed by atoms with van der Waals surface area (Å²) in [6, 6.07) is 0.556. The Labute approximate surface area is 99.1 Å². The van der Waals surface area contributed by atoms with Crippen molar-refractivity contribution in [1.29, 1.82) is 0 Å². The first-order valence-electron chi connectivity index (χ1n) is 6.53. The van der Waals surface area contributed by atoms with Crippen molar-refractivity contribution in [1.82, 2.24) is 10.7 Å². The zero-order valence-electron chi connectivity index (χ0n) is 10.6. The monoisotopic (exact) mass is 226 g/mol. The molecular weight excluding hydrogens is 200 g/mol. The normalized spacial score (nSPS) is 20.6. The van der Waals surface area contributed by atoms with Crippen LogP contribution in [0, 0.1) is 5.92 Å². The standard InChI is InChI=1S/C12H26N4/c1-3-10(2)9-14-12(16-13)15-11-7-5-4-6-8-11/h10-11H,3-9,13H2,1-2H3,(H2,14,15,16). The van der Waals surface area contributed by atoms with Crippen LogP contribution < -0.4 is 16.6 Å². The molecule has 0 aromatic carbocycles. The molecule has 4 heteroatoms. The highest BCUT2D eigenvalue weighted by molar-refractivity contribution is 5.79. The lowest BCUT2D eigenvalue weighted by atomic mass is 9.96. The van der Waals surface area contributed by atoms with Gasteiger partial charge in [-0.3, -0.25) is 10.4 Å². The molecular formula is C12H26N4. The fourth-order valence-electron chi connectivity index (χ4n) is 1.95. The average molecular weight is 226 g/mol. The number of nitrogens with two attached hydrogens (primary N) is 1. The Bertz CT molecular complexity index is 209. The van der Waals surface area contributed by atoms with Crippen LogP contribution in [-0.4, -0.2) is 18.5 Å². The lowest BCUT2D eigenvalue weighted by molar-refractivity contribution is 0.409. The zero-order valence-corrected chi connectivity index (χ0v) is 10.6. The SMILES string of the molecule is CCC(C)CN=C(NN)NC1CCCCC1. The molecule has 0 aromatic heterocycles. The van der Waals surface area contributed by atoms with Crippen molar-refractivity contribution in [2.45, 2.75) is 58.4 Å². The molecule has 0 bridgehead atoms. The molecule has 0 radical (unpaired) electrons. The molecule has 94 valence electrons. The third kappa shape index (κ3) is 4.84. The van der Waals surface area contributed by atoms with Gasteiger partial charge in [0.05, 0.1) is 0 Å². The highest BCUT2D eigenvalue weighted by atomic mass is 15.3. The van der Waals surface area contributed by atoms with E-state index in [2.05, 4.69) is 29.6 Å². The number of hydrogen-bond acceptors (Lipinski definition) is 2. The molecule has 1 atom stereocenters. The summed E-state index contributed by atoms with van der Waals surface area (Å²) in [4.78, 5) is 4.48. The van der Waals surface area contributed by atoms with Crippen LogP contribution in [0.1, 0.15) is 52.4 Å². The Balaban J connectivity index is 2.34. The number of hydrogen-bond donors (Lipinski definition) is 3. The maximum Gasteiger partial charge on any atom is 0.205 e. The Morgan fingerprint density at radius 2 is 2.06 bits per heavy atom. The predicted molar refractivity (Wildman–Crippen MR) is 69.1 cm³/mol. The Kier molecular flexibility index (Phi) is 6.23. The maximum absolute atomic E-state index is 5.47. The zero-order chi connectivity index (χ0) is 11.8. The van der Waals surface area contributed by atoms with Gasteiger partial charge in [0.15, 0.2) is 0 Å². The van der Waals surface area contributed by atoms with Crippen molar-refractivity contribution in [2.75, 3.05) is 6.54 Å². The minimum atomic E-state index is 0.556. The Hall–Kier alpha value is -0.770. The second kappa shape index (κ2) is 7.49. The van der Waals surface area contributed by atoms with Crippen molar-refractivity contribution in [3.8, 4) is 0 Å². The van der Waals surface area contributed by atoms with Gasteiger partial charge in [-0.15, -0.1) is 0 Å².